The molecule has 1 aromatic heterocycles. The highest BCUT2D eigenvalue weighted by Crippen LogP contribution is 2.44. The van der Waals surface area contributed by atoms with Crippen molar-refractivity contribution in [3.63, 3.8) is 0 Å². The molecule has 2 fully saturated rings. The Morgan fingerprint density at radius 1 is 1.11 bits per heavy atom. The molecule has 3 heterocycles. The number of furan rings is 1. The Kier molecular flexibility index (Phi) is 4.00. The van der Waals surface area contributed by atoms with Gasteiger partial charge >= 0.3 is 6.09 Å². The molecular formula is C20H19BrN2O4. The van der Waals surface area contributed by atoms with Gasteiger partial charge in [-0.3, -0.25) is 9.69 Å². The molecular weight excluding hydrogens is 412 g/mol. The monoisotopic (exact) mass is 430 g/mol. The van der Waals surface area contributed by atoms with Gasteiger partial charge in [-0.1, -0.05) is 24.3 Å². The van der Waals surface area contributed by atoms with E-state index in [-0.39, 0.29) is 30.2 Å². The number of hydrogen-bond donors (Lipinski definition) is 0. The Balaban J connectivity index is 1.31. The molecule has 2 unspecified atom stereocenters. The quantitative estimate of drug-likeness (QED) is 0.727. The first-order chi connectivity index (χ1) is 13.1. The maximum absolute atomic E-state index is 12.6. The van der Waals surface area contributed by atoms with Crippen molar-refractivity contribution in [1.82, 2.24) is 9.80 Å². The first kappa shape index (κ1) is 16.9. The normalized spacial score (nSPS) is 24.7. The smallest absolute Gasteiger partial charge is 0.411 e. The van der Waals surface area contributed by atoms with E-state index in [1.165, 1.54) is 11.1 Å². The molecule has 7 heteroatoms. The molecule has 2 amide bonds. The Morgan fingerprint density at radius 2 is 1.89 bits per heavy atom. The van der Waals surface area contributed by atoms with Crippen LogP contribution < -0.4 is 0 Å². The van der Waals surface area contributed by atoms with E-state index in [0.717, 1.165) is 19.3 Å². The van der Waals surface area contributed by atoms with Gasteiger partial charge in [-0.25, -0.2) is 4.79 Å². The van der Waals surface area contributed by atoms with Gasteiger partial charge in [0.1, 0.15) is 6.10 Å². The van der Waals surface area contributed by atoms with Gasteiger partial charge < -0.3 is 14.1 Å². The number of likely N-dealkylation sites (tertiary alicyclic amines) is 1. The fourth-order valence-corrected chi connectivity index (χ4v) is 4.89. The molecule has 27 heavy (non-hydrogen) atoms. The number of ether oxygens (including phenoxy) is 1. The van der Waals surface area contributed by atoms with E-state index in [4.69, 9.17) is 9.15 Å². The molecule has 2 atom stereocenters. The number of piperidine rings is 1. The fraction of sp³-hybridized carbons (Fsp3) is 0.400. The predicted molar refractivity (Wildman–Crippen MR) is 100 cm³/mol. The molecule has 3 aliphatic rings. The molecule has 6 nitrogen and oxygen atoms in total. The average molecular weight is 431 g/mol. The summed E-state index contributed by atoms with van der Waals surface area (Å²) in [5.74, 6) is 0.234. The summed E-state index contributed by atoms with van der Waals surface area (Å²) in [6.45, 7) is 1.20. The fourth-order valence-electron chi connectivity index (χ4n) is 4.58. The summed E-state index contributed by atoms with van der Waals surface area (Å²) in [5.41, 5.74) is 2.47. The minimum Gasteiger partial charge on any atom is -0.444 e. The van der Waals surface area contributed by atoms with Crippen molar-refractivity contribution in [3.05, 3.63) is 58.0 Å². The third kappa shape index (κ3) is 2.76. The lowest BCUT2D eigenvalue weighted by Crippen LogP contribution is -2.47. The van der Waals surface area contributed by atoms with Gasteiger partial charge in [0.15, 0.2) is 10.4 Å². The number of carbonyl (C=O) groups excluding carboxylic acids is 2. The number of halogens is 1. The van der Waals surface area contributed by atoms with Crippen LogP contribution in [0.5, 0.6) is 0 Å². The second-order valence-electron chi connectivity index (χ2n) is 7.30. The molecule has 0 radical (unpaired) electrons. The first-order valence-electron chi connectivity index (χ1n) is 9.23. The topological polar surface area (TPSA) is 63.0 Å². The van der Waals surface area contributed by atoms with Crippen LogP contribution in [-0.2, 0) is 11.2 Å². The largest absolute Gasteiger partial charge is 0.444 e. The van der Waals surface area contributed by atoms with E-state index >= 15 is 0 Å². The highest BCUT2D eigenvalue weighted by molar-refractivity contribution is 9.10. The zero-order valence-electron chi connectivity index (χ0n) is 14.6. The molecule has 0 bridgehead atoms. The van der Waals surface area contributed by atoms with Crippen molar-refractivity contribution in [2.45, 2.75) is 37.5 Å². The predicted octanol–water partition coefficient (Wildman–Crippen LogP) is 3.76. The van der Waals surface area contributed by atoms with Gasteiger partial charge in [-0.2, -0.15) is 0 Å². The summed E-state index contributed by atoms with van der Waals surface area (Å²) in [5, 5.41) is 0. The van der Waals surface area contributed by atoms with Crippen LogP contribution in [0, 0.1) is 0 Å². The van der Waals surface area contributed by atoms with E-state index in [1.54, 1.807) is 17.0 Å². The summed E-state index contributed by atoms with van der Waals surface area (Å²) in [6.07, 6.45) is 1.96. The Morgan fingerprint density at radius 3 is 2.63 bits per heavy atom. The van der Waals surface area contributed by atoms with Gasteiger partial charge in [0.2, 0.25) is 0 Å². The zero-order chi connectivity index (χ0) is 18.5. The van der Waals surface area contributed by atoms with E-state index in [2.05, 4.69) is 28.1 Å². The van der Waals surface area contributed by atoms with Gasteiger partial charge in [0.05, 0.1) is 6.04 Å². The molecule has 2 aromatic rings. The Hall–Kier alpha value is -2.28. The van der Waals surface area contributed by atoms with Crippen LogP contribution in [0.25, 0.3) is 0 Å². The second-order valence-corrected chi connectivity index (χ2v) is 8.09. The lowest BCUT2D eigenvalue weighted by Gasteiger charge is -2.37. The Bertz CT molecular complexity index is 903. The van der Waals surface area contributed by atoms with Crippen LogP contribution in [-0.4, -0.2) is 47.0 Å². The zero-order valence-corrected chi connectivity index (χ0v) is 16.2. The van der Waals surface area contributed by atoms with E-state index in [1.807, 2.05) is 17.0 Å². The third-order valence-electron chi connectivity index (χ3n) is 5.84. The maximum atomic E-state index is 12.6. The van der Waals surface area contributed by atoms with Crippen LogP contribution in [0.2, 0.25) is 0 Å². The minimum absolute atomic E-state index is 0.00183. The second kappa shape index (κ2) is 6.41. The van der Waals surface area contributed by atoms with Crippen molar-refractivity contribution in [1.29, 1.82) is 0 Å². The summed E-state index contributed by atoms with van der Waals surface area (Å²) in [7, 11) is 0. The van der Waals surface area contributed by atoms with Crippen LogP contribution in [0.4, 0.5) is 4.79 Å². The van der Waals surface area contributed by atoms with Crippen molar-refractivity contribution in [2.24, 2.45) is 0 Å². The summed E-state index contributed by atoms with van der Waals surface area (Å²) in [4.78, 5) is 28.8. The number of fused-ring (bicyclic) bond motifs is 3. The highest BCUT2D eigenvalue weighted by Gasteiger charge is 2.50. The van der Waals surface area contributed by atoms with E-state index in [0.29, 0.717) is 23.5 Å². The SMILES string of the molecule is O=C(c1ccc(Br)o1)N1CCC(N2C(=O)OC3Cc4ccccc4C32)CC1. The lowest BCUT2D eigenvalue weighted by atomic mass is 9.99. The van der Waals surface area contributed by atoms with Gasteiger partial charge in [-0.15, -0.1) is 0 Å². The number of carbonyl (C=O) groups is 2. The summed E-state index contributed by atoms with van der Waals surface area (Å²) < 4.78 is 11.6. The van der Waals surface area contributed by atoms with Crippen LogP contribution >= 0.6 is 15.9 Å². The standard InChI is InChI=1S/C20H19BrN2O4/c21-17-6-5-15(26-17)19(24)22-9-7-13(8-10-22)23-18-14-4-2-1-3-12(14)11-16(18)27-20(23)25/h1-6,13,16,18H,7-11H2. The minimum atomic E-state index is -0.223. The molecule has 0 spiro atoms. The number of amides is 2. The van der Waals surface area contributed by atoms with E-state index in [9.17, 15) is 9.59 Å². The Labute approximate surface area is 165 Å². The number of rotatable bonds is 2. The van der Waals surface area contributed by atoms with Crippen molar-refractivity contribution < 1.29 is 18.7 Å². The molecule has 2 aliphatic heterocycles. The van der Waals surface area contributed by atoms with Crippen molar-refractivity contribution in [3.8, 4) is 0 Å². The van der Waals surface area contributed by atoms with Gasteiger partial charge in [0.25, 0.3) is 5.91 Å². The molecule has 1 aromatic carbocycles. The average Bonchev–Trinajstić information content (AvgIpc) is 3.34. The molecule has 0 N–H and O–H groups in total. The molecule has 1 aliphatic carbocycles. The van der Waals surface area contributed by atoms with Gasteiger partial charge in [0, 0.05) is 25.6 Å². The van der Waals surface area contributed by atoms with Crippen LogP contribution in [0.15, 0.2) is 45.5 Å². The van der Waals surface area contributed by atoms with Gasteiger partial charge in [-0.05, 0) is 52.0 Å². The van der Waals surface area contributed by atoms with Crippen molar-refractivity contribution >= 4 is 27.9 Å². The third-order valence-corrected chi connectivity index (χ3v) is 6.26. The highest BCUT2D eigenvalue weighted by atomic mass is 79.9. The van der Waals surface area contributed by atoms with Crippen LogP contribution in [0.3, 0.4) is 0 Å². The summed E-state index contributed by atoms with van der Waals surface area (Å²) >= 11 is 3.23. The van der Waals surface area contributed by atoms with Crippen molar-refractivity contribution in [2.75, 3.05) is 13.1 Å². The summed E-state index contributed by atoms with van der Waals surface area (Å²) in [6, 6.07) is 11.8. The molecule has 2 saturated heterocycles. The molecule has 5 rings (SSSR count). The molecule has 140 valence electrons. The molecule has 0 saturated carbocycles. The lowest BCUT2D eigenvalue weighted by molar-refractivity contribution is 0.0605. The van der Waals surface area contributed by atoms with Crippen LogP contribution in [0.1, 0.15) is 40.6 Å². The maximum Gasteiger partial charge on any atom is 0.411 e. The number of hydrogen-bond acceptors (Lipinski definition) is 4. The van der Waals surface area contributed by atoms with E-state index < -0.39 is 0 Å². The number of benzene rings is 1. The number of nitrogens with zero attached hydrogens (tertiary/aromatic N) is 2. The first-order valence-corrected chi connectivity index (χ1v) is 10.0.